The first-order valence-corrected chi connectivity index (χ1v) is 11.3. The van der Waals surface area contributed by atoms with Crippen molar-refractivity contribution in [1.29, 1.82) is 0 Å². The van der Waals surface area contributed by atoms with Gasteiger partial charge in [0.25, 0.3) is 0 Å². The molecule has 0 atom stereocenters. The molecule has 1 saturated heterocycles. The third kappa shape index (κ3) is 5.11. The number of esters is 1. The van der Waals surface area contributed by atoms with E-state index in [0.29, 0.717) is 23.9 Å². The lowest BCUT2D eigenvalue weighted by molar-refractivity contribution is 0.0526. The number of rotatable bonds is 7. The molecule has 1 aliphatic heterocycles. The molecule has 3 heterocycles. The van der Waals surface area contributed by atoms with Crippen molar-refractivity contribution in [1.82, 2.24) is 19.7 Å². The number of pyridine rings is 1. The Hall–Kier alpha value is -2.90. The average Bonchev–Trinajstić information content (AvgIpc) is 3.08. The van der Waals surface area contributed by atoms with Crippen LogP contribution in [0.5, 0.6) is 0 Å². The fourth-order valence-corrected chi connectivity index (χ4v) is 4.19. The van der Waals surface area contributed by atoms with Gasteiger partial charge in [0.2, 0.25) is 0 Å². The van der Waals surface area contributed by atoms with Crippen molar-refractivity contribution >= 4 is 23.4 Å². The van der Waals surface area contributed by atoms with Gasteiger partial charge in [-0.1, -0.05) is 41.9 Å². The number of aryl methyl sites for hydroxylation is 1. The molecule has 0 bridgehead atoms. The van der Waals surface area contributed by atoms with Crippen molar-refractivity contribution in [2.75, 3.05) is 37.7 Å². The minimum absolute atomic E-state index is 0.337. The number of halogens is 1. The molecule has 0 radical (unpaired) electrons. The van der Waals surface area contributed by atoms with Crippen molar-refractivity contribution in [3.05, 3.63) is 76.2 Å². The number of benzene rings is 1. The fraction of sp³-hybridized carbons (Fsp3) is 0.375. The summed E-state index contributed by atoms with van der Waals surface area (Å²) in [6.07, 6.45) is 1.59. The fourth-order valence-electron chi connectivity index (χ4n) is 3.90. The third-order valence-corrected chi connectivity index (χ3v) is 6.12. The molecule has 1 aromatic carbocycles. The molecule has 0 N–H and O–H groups in total. The summed E-state index contributed by atoms with van der Waals surface area (Å²) in [5.41, 5.74) is 3.72. The van der Waals surface area contributed by atoms with E-state index in [1.807, 2.05) is 35.9 Å². The maximum absolute atomic E-state index is 11.8. The van der Waals surface area contributed by atoms with Gasteiger partial charge in [0.15, 0.2) is 0 Å². The van der Waals surface area contributed by atoms with Crippen LogP contribution in [-0.2, 0) is 17.8 Å². The lowest BCUT2D eigenvalue weighted by Crippen LogP contribution is -2.46. The van der Waals surface area contributed by atoms with Gasteiger partial charge in [-0.3, -0.25) is 4.90 Å². The zero-order valence-electron chi connectivity index (χ0n) is 18.5. The normalized spacial score (nSPS) is 14.5. The van der Waals surface area contributed by atoms with Gasteiger partial charge < -0.3 is 9.64 Å². The Labute approximate surface area is 193 Å². The molecule has 2 aromatic heterocycles. The molecule has 0 unspecified atom stereocenters. The van der Waals surface area contributed by atoms with E-state index in [4.69, 9.17) is 16.3 Å². The lowest BCUT2D eigenvalue weighted by Gasteiger charge is -2.35. The van der Waals surface area contributed by atoms with Gasteiger partial charge in [-0.25, -0.2) is 14.5 Å². The van der Waals surface area contributed by atoms with E-state index in [-0.39, 0.29) is 5.97 Å². The Morgan fingerprint density at radius 3 is 2.47 bits per heavy atom. The predicted octanol–water partition coefficient (Wildman–Crippen LogP) is 3.79. The largest absolute Gasteiger partial charge is 0.462 e. The topological polar surface area (TPSA) is 63.5 Å². The Balaban J connectivity index is 1.35. The summed E-state index contributed by atoms with van der Waals surface area (Å²) in [5, 5.41) is 5.38. The highest BCUT2D eigenvalue weighted by Gasteiger charge is 2.22. The van der Waals surface area contributed by atoms with Gasteiger partial charge in [0, 0.05) is 44.5 Å². The summed E-state index contributed by atoms with van der Waals surface area (Å²) in [5.74, 6) is 0.541. The SMILES string of the molecule is CCOC(=O)c1ccc(N2CCN(Cc3c(C)nn(Cc4ccccc4)c3Cl)CC2)nc1. The highest BCUT2D eigenvalue weighted by Crippen LogP contribution is 2.24. The van der Waals surface area contributed by atoms with E-state index in [9.17, 15) is 4.79 Å². The standard InChI is InChI=1S/C24H28ClN5O2/c1-3-32-24(31)20-9-10-22(26-15-20)29-13-11-28(12-14-29)17-21-18(2)27-30(23(21)25)16-19-7-5-4-6-8-19/h4-10,15H,3,11-14,16-17H2,1-2H3. The van der Waals surface area contributed by atoms with Gasteiger partial charge in [0.05, 0.1) is 24.4 Å². The van der Waals surface area contributed by atoms with Gasteiger partial charge in [-0.15, -0.1) is 0 Å². The number of carbonyl (C=O) groups excluding carboxylic acids is 1. The van der Waals surface area contributed by atoms with Crippen molar-refractivity contribution in [2.45, 2.75) is 26.9 Å². The van der Waals surface area contributed by atoms with Crippen LogP contribution < -0.4 is 4.90 Å². The molecule has 3 aromatic rings. The van der Waals surface area contributed by atoms with E-state index in [1.165, 1.54) is 5.56 Å². The predicted molar refractivity (Wildman–Crippen MR) is 125 cm³/mol. The monoisotopic (exact) mass is 453 g/mol. The molecule has 32 heavy (non-hydrogen) atoms. The Morgan fingerprint density at radius 2 is 1.81 bits per heavy atom. The summed E-state index contributed by atoms with van der Waals surface area (Å²) in [6, 6.07) is 13.9. The van der Waals surface area contributed by atoms with Crippen LogP contribution in [0.3, 0.4) is 0 Å². The van der Waals surface area contributed by atoms with Crippen molar-refractivity contribution < 1.29 is 9.53 Å². The number of piperazine rings is 1. The molecular formula is C24H28ClN5O2. The highest BCUT2D eigenvalue weighted by molar-refractivity contribution is 6.30. The minimum atomic E-state index is -0.337. The minimum Gasteiger partial charge on any atom is -0.462 e. The van der Waals surface area contributed by atoms with Crippen molar-refractivity contribution in [3.8, 4) is 0 Å². The molecule has 0 spiro atoms. The van der Waals surface area contributed by atoms with Crippen LogP contribution in [0.2, 0.25) is 5.15 Å². The van der Waals surface area contributed by atoms with Crippen LogP contribution in [0.4, 0.5) is 5.82 Å². The molecule has 1 fully saturated rings. The van der Waals surface area contributed by atoms with Gasteiger partial charge >= 0.3 is 5.97 Å². The van der Waals surface area contributed by atoms with Gasteiger partial charge in [-0.05, 0) is 31.5 Å². The number of hydrogen-bond acceptors (Lipinski definition) is 6. The van der Waals surface area contributed by atoms with Crippen molar-refractivity contribution in [3.63, 3.8) is 0 Å². The van der Waals surface area contributed by atoms with Crippen molar-refractivity contribution in [2.24, 2.45) is 0 Å². The Kier molecular flexibility index (Phi) is 7.07. The molecular weight excluding hydrogens is 426 g/mol. The Morgan fingerprint density at radius 1 is 1.06 bits per heavy atom. The zero-order valence-corrected chi connectivity index (χ0v) is 19.3. The van der Waals surface area contributed by atoms with Crippen LogP contribution in [0.1, 0.15) is 34.1 Å². The summed E-state index contributed by atoms with van der Waals surface area (Å²) in [4.78, 5) is 20.9. The second kappa shape index (κ2) is 10.1. The quantitative estimate of drug-likeness (QED) is 0.507. The van der Waals surface area contributed by atoms with Crippen LogP contribution >= 0.6 is 11.6 Å². The Bertz CT molecular complexity index is 1040. The molecule has 0 amide bonds. The zero-order chi connectivity index (χ0) is 22.5. The van der Waals surface area contributed by atoms with E-state index in [2.05, 4.69) is 32.0 Å². The molecule has 1 aliphatic rings. The summed E-state index contributed by atoms with van der Waals surface area (Å²) < 4.78 is 6.90. The first kappa shape index (κ1) is 22.3. The molecule has 168 valence electrons. The molecule has 0 saturated carbocycles. The number of aromatic nitrogens is 3. The van der Waals surface area contributed by atoms with E-state index >= 15 is 0 Å². The molecule has 8 heteroatoms. The number of carbonyl (C=O) groups is 1. The second-order valence-corrected chi connectivity index (χ2v) is 8.24. The number of anilines is 1. The van der Waals surface area contributed by atoms with Crippen LogP contribution in [0.15, 0.2) is 48.7 Å². The maximum atomic E-state index is 11.8. The molecule has 0 aliphatic carbocycles. The lowest BCUT2D eigenvalue weighted by atomic mass is 10.2. The van der Waals surface area contributed by atoms with E-state index < -0.39 is 0 Å². The average molecular weight is 454 g/mol. The van der Waals surface area contributed by atoms with E-state index in [0.717, 1.165) is 49.8 Å². The molecule has 4 rings (SSSR count). The van der Waals surface area contributed by atoms with E-state index in [1.54, 1.807) is 19.2 Å². The smallest absolute Gasteiger partial charge is 0.339 e. The second-order valence-electron chi connectivity index (χ2n) is 7.89. The number of nitrogens with zero attached hydrogens (tertiary/aromatic N) is 5. The first-order chi connectivity index (χ1) is 15.5. The van der Waals surface area contributed by atoms with Crippen LogP contribution in [0, 0.1) is 6.92 Å². The summed E-state index contributed by atoms with van der Waals surface area (Å²) in [6.45, 7) is 9.15. The van der Waals surface area contributed by atoms with Crippen LogP contribution in [0.25, 0.3) is 0 Å². The third-order valence-electron chi connectivity index (χ3n) is 5.70. The maximum Gasteiger partial charge on any atom is 0.339 e. The summed E-state index contributed by atoms with van der Waals surface area (Å²) >= 11 is 6.70. The first-order valence-electron chi connectivity index (χ1n) is 10.9. The van der Waals surface area contributed by atoms with Gasteiger partial charge in [-0.2, -0.15) is 5.10 Å². The summed E-state index contributed by atoms with van der Waals surface area (Å²) in [7, 11) is 0. The van der Waals surface area contributed by atoms with Gasteiger partial charge in [0.1, 0.15) is 11.0 Å². The highest BCUT2D eigenvalue weighted by atomic mass is 35.5. The van der Waals surface area contributed by atoms with Crippen LogP contribution in [-0.4, -0.2) is 58.4 Å². The number of ether oxygens (including phenoxy) is 1. The molecule has 7 nitrogen and oxygen atoms in total. The number of hydrogen-bond donors (Lipinski definition) is 0.